The third kappa shape index (κ3) is 2.85. The normalized spacial score (nSPS) is 14.2. The van der Waals surface area contributed by atoms with Gasteiger partial charge in [0.1, 0.15) is 12.4 Å². The van der Waals surface area contributed by atoms with Gasteiger partial charge in [0.15, 0.2) is 5.65 Å². The molecule has 3 heterocycles. The van der Waals surface area contributed by atoms with Gasteiger partial charge in [-0.05, 0) is 52.8 Å². The topological polar surface area (TPSA) is 60.3 Å². The SMILES string of the molecule is Cc1cc(C(=O)N2CCOc3ccccc32)c2c(C)nn(C(C)(C)C)c2n1. The van der Waals surface area contributed by atoms with Crippen molar-refractivity contribution in [1.82, 2.24) is 14.8 Å². The van der Waals surface area contributed by atoms with E-state index < -0.39 is 0 Å². The second kappa shape index (κ2) is 6.08. The summed E-state index contributed by atoms with van der Waals surface area (Å²) in [7, 11) is 0. The molecule has 0 saturated carbocycles. The van der Waals surface area contributed by atoms with Crippen LogP contribution < -0.4 is 9.64 Å². The van der Waals surface area contributed by atoms with Crippen LogP contribution in [-0.2, 0) is 5.54 Å². The van der Waals surface area contributed by atoms with E-state index in [1.54, 1.807) is 4.90 Å². The van der Waals surface area contributed by atoms with E-state index in [2.05, 4.69) is 20.8 Å². The van der Waals surface area contributed by atoms with Gasteiger partial charge in [0.2, 0.25) is 0 Å². The van der Waals surface area contributed by atoms with Crippen molar-refractivity contribution < 1.29 is 9.53 Å². The summed E-state index contributed by atoms with van der Waals surface area (Å²) in [6.45, 7) is 11.1. The number of aryl methyl sites for hydroxylation is 2. The Labute approximate surface area is 158 Å². The summed E-state index contributed by atoms with van der Waals surface area (Å²) in [5.74, 6) is 0.694. The van der Waals surface area contributed by atoms with Gasteiger partial charge >= 0.3 is 0 Å². The zero-order valence-corrected chi connectivity index (χ0v) is 16.4. The van der Waals surface area contributed by atoms with Crippen LogP contribution in [0, 0.1) is 13.8 Å². The standard InChI is InChI=1S/C21H24N4O2/c1-13-12-15(18-14(2)23-25(19(18)22-13)21(3,4)5)20(26)24-10-11-27-17-9-7-6-8-16(17)24/h6-9,12H,10-11H2,1-5H3. The molecule has 6 heteroatoms. The van der Waals surface area contributed by atoms with Gasteiger partial charge in [-0.3, -0.25) is 4.79 Å². The Bertz CT molecular complexity index is 1050. The molecule has 0 aliphatic carbocycles. The van der Waals surface area contributed by atoms with Gasteiger partial charge in [0, 0.05) is 5.69 Å². The lowest BCUT2D eigenvalue weighted by Gasteiger charge is -2.29. The number of aromatic nitrogens is 3. The number of carbonyl (C=O) groups excluding carboxylic acids is 1. The fourth-order valence-electron chi connectivity index (χ4n) is 3.58. The molecule has 0 atom stereocenters. The van der Waals surface area contributed by atoms with E-state index in [1.165, 1.54) is 0 Å². The van der Waals surface area contributed by atoms with Crippen molar-refractivity contribution in [1.29, 1.82) is 0 Å². The lowest BCUT2D eigenvalue weighted by Crippen LogP contribution is -2.38. The number of anilines is 1. The van der Waals surface area contributed by atoms with E-state index in [9.17, 15) is 4.79 Å². The van der Waals surface area contributed by atoms with E-state index in [-0.39, 0.29) is 11.4 Å². The molecular formula is C21H24N4O2. The monoisotopic (exact) mass is 364 g/mol. The van der Waals surface area contributed by atoms with Crippen LogP contribution in [0.4, 0.5) is 5.69 Å². The Morgan fingerprint density at radius 2 is 1.93 bits per heavy atom. The summed E-state index contributed by atoms with van der Waals surface area (Å²) in [6, 6.07) is 9.52. The molecule has 0 radical (unpaired) electrons. The number of benzene rings is 1. The molecule has 1 aromatic carbocycles. The van der Waals surface area contributed by atoms with Gasteiger partial charge in [-0.25, -0.2) is 9.67 Å². The number of amides is 1. The van der Waals surface area contributed by atoms with E-state index in [4.69, 9.17) is 14.8 Å². The molecule has 0 unspecified atom stereocenters. The molecule has 6 nitrogen and oxygen atoms in total. The molecule has 4 rings (SSSR count). The maximum absolute atomic E-state index is 13.5. The highest BCUT2D eigenvalue weighted by Crippen LogP contribution is 2.34. The van der Waals surface area contributed by atoms with Gasteiger partial charge < -0.3 is 9.64 Å². The van der Waals surface area contributed by atoms with Crippen LogP contribution in [0.2, 0.25) is 0 Å². The molecule has 140 valence electrons. The Morgan fingerprint density at radius 1 is 1.19 bits per heavy atom. The number of ether oxygens (including phenoxy) is 1. The fraction of sp³-hybridized carbons (Fsp3) is 0.381. The highest BCUT2D eigenvalue weighted by Gasteiger charge is 2.29. The van der Waals surface area contributed by atoms with Crippen molar-refractivity contribution in [3.63, 3.8) is 0 Å². The van der Waals surface area contributed by atoms with E-state index in [0.717, 1.165) is 33.9 Å². The highest BCUT2D eigenvalue weighted by atomic mass is 16.5. The molecule has 2 aromatic heterocycles. The number of pyridine rings is 1. The summed E-state index contributed by atoms with van der Waals surface area (Å²) in [4.78, 5) is 20.0. The van der Waals surface area contributed by atoms with E-state index in [1.807, 2.05) is 48.9 Å². The second-order valence-corrected chi connectivity index (χ2v) is 7.95. The Balaban J connectivity index is 1.90. The summed E-state index contributed by atoms with van der Waals surface area (Å²) in [6.07, 6.45) is 0. The largest absolute Gasteiger partial charge is 0.490 e. The van der Waals surface area contributed by atoms with Gasteiger partial charge in [0.25, 0.3) is 5.91 Å². The minimum Gasteiger partial charge on any atom is -0.490 e. The molecule has 0 fully saturated rings. The lowest BCUT2D eigenvalue weighted by molar-refractivity contribution is 0.0978. The first-order valence-electron chi connectivity index (χ1n) is 9.18. The van der Waals surface area contributed by atoms with Gasteiger partial charge in [-0.2, -0.15) is 5.10 Å². The summed E-state index contributed by atoms with van der Waals surface area (Å²) < 4.78 is 7.61. The van der Waals surface area contributed by atoms with Crippen molar-refractivity contribution in [3.8, 4) is 5.75 Å². The number of para-hydroxylation sites is 2. The van der Waals surface area contributed by atoms with Gasteiger partial charge in [0.05, 0.1) is 34.4 Å². The van der Waals surface area contributed by atoms with Crippen molar-refractivity contribution in [2.45, 2.75) is 40.2 Å². The smallest absolute Gasteiger partial charge is 0.259 e. The number of nitrogens with zero attached hydrogens (tertiary/aromatic N) is 4. The first kappa shape index (κ1) is 17.5. The molecular weight excluding hydrogens is 340 g/mol. The molecule has 1 aliphatic rings. The molecule has 0 saturated heterocycles. The van der Waals surface area contributed by atoms with Crippen molar-refractivity contribution >= 4 is 22.6 Å². The fourth-order valence-corrected chi connectivity index (χ4v) is 3.58. The second-order valence-electron chi connectivity index (χ2n) is 7.95. The molecule has 27 heavy (non-hydrogen) atoms. The van der Waals surface area contributed by atoms with Crippen LogP contribution in [0.3, 0.4) is 0 Å². The summed E-state index contributed by atoms with van der Waals surface area (Å²) in [5, 5.41) is 5.52. The maximum atomic E-state index is 13.5. The maximum Gasteiger partial charge on any atom is 0.259 e. The molecule has 1 amide bonds. The van der Waals surface area contributed by atoms with Crippen LogP contribution in [0.5, 0.6) is 5.75 Å². The van der Waals surface area contributed by atoms with Gasteiger partial charge in [-0.1, -0.05) is 12.1 Å². The zero-order chi connectivity index (χ0) is 19.3. The minimum atomic E-state index is -0.223. The molecule has 0 N–H and O–H groups in total. The first-order chi connectivity index (χ1) is 12.8. The third-order valence-electron chi connectivity index (χ3n) is 4.78. The average Bonchev–Trinajstić information content (AvgIpc) is 2.97. The Hall–Kier alpha value is -2.89. The minimum absolute atomic E-state index is 0.0437. The van der Waals surface area contributed by atoms with Crippen LogP contribution in [-0.4, -0.2) is 33.8 Å². The number of fused-ring (bicyclic) bond motifs is 2. The van der Waals surface area contributed by atoms with E-state index >= 15 is 0 Å². The quantitative estimate of drug-likeness (QED) is 0.658. The number of rotatable bonds is 1. The summed E-state index contributed by atoms with van der Waals surface area (Å²) >= 11 is 0. The van der Waals surface area contributed by atoms with Gasteiger partial charge in [-0.15, -0.1) is 0 Å². The van der Waals surface area contributed by atoms with Crippen molar-refractivity contribution in [2.24, 2.45) is 0 Å². The van der Waals surface area contributed by atoms with Crippen molar-refractivity contribution in [3.05, 3.63) is 47.3 Å². The Kier molecular flexibility index (Phi) is 3.94. The van der Waals surface area contributed by atoms with E-state index in [0.29, 0.717) is 18.7 Å². The number of hydrogen-bond acceptors (Lipinski definition) is 4. The van der Waals surface area contributed by atoms with Crippen molar-refractivity contribution in [2.75, 3.05) is 18.1 Å². The van der Waals surface area contributed by atoms with Crippen LogP contribution >= 0.6 is 0 Å². The number of hydrogen-bond donors (Lipinski definition) is 0. The summed E-state index contributed by atoms with van der Waals surface area (Å²) in [5.41, 5.74) is 3.60. The highest BCUT2D eigenvalue weighted by molar-refractivity contribution is 6.14. The Morgan fingerprint density at radius 3 is 2.67 bits per heavy atom. The number of carbonyl (C=O) groups is 1. The molecule has 0 spiro atoms. The lowest BCUT2D eigenvalue weighted by atomic mass is 10.1. The first-order valence-corrected chi connectivity index (χ1v) is 9.18. The van der Waals surface area contributed by atoms with Crippen LogP contribution in [0.15, 0.2) is 30.3 Å². The predicted molar refractivity (Wildman–Crippen MR) is 106 cm³/mol. The zero-order valence-electron chi connectivity index (χ0n) is 16.4. The molecule has 3 aromatic rings. The predicted octanol–water partition coefficient (Wildman–Crippen LogP) is 3.84. The van der Waals surface area contributed by atoms with Crippen LogP contribution in [0.1, 0.15) is 42.5 Å². The average molecular weight is 364 g/mol. The third-order valence-corrected chi connectivity index (χ3v) is 4.78. The van der Waals surface area contributed by atoms with Crippen LogP contribution in [0.25, 0.3) is 11.0 Å². The molecule has 0 bridgehead atoms. The molecule has 1 aliphatic heterocycles.